The number of hydrogen-bond donors (Lipinski definition) is 1. The molecule has 1 aromatic heterocycles. The number of hydrogen-bond acceptors (Lipinski definition) is 3. The van der Waals surface area contributed by atoms with E-state index in [0.717, 1.165) is 24.3 Å². The second-order valence-corrected chi connectivity index (χ2v) is 5.27. The first-order valence-electron chi connectivity index (χ1n) is 6.35. The fourth-order valence-corrected chi connectivity index (χ4v) is 2.39. The molecule has 0 saturated heterocycles. The van der Waals surface area contributed by atoms with Crippen LogP contribution in [0, 0.1) is 0 Å². The van der Waals surface area contributed by atoms with E-state index in [9.17, 15) is 0 Å². The fraction of sp³-hybridized carbons (Fsp3) is 0.200. The lowest BCUT2D eigenvalue weighted by Gasteiger charge is -2.25. The molecule has 0 aliphatic heterocycles. The van der Waals surface area contributed by atoms with Crippen LogP contribution >= 0.6 is 23.8 Å². The van der Waals surface area contributed by atoms with E-state index < -0.39 is 0 Å². The van der Waals surface area contributed by atoms with Gasteiger partial charge in [-0.15, -0.1) is 0 Å². The van der Waals surface area contributed by atoms with Crippen molar-refractivity contribution in [1.29, 1.82) is 0 Å². The molecule has 0 bridgehead atoms. The molecule has 0 amide bonds. The summed E-state index contributed by atoms with van der Waals surface area (Å²) in [7, 11) is 0. The fourth-order valence-electron chi connectivity index (χ4n) is 2.05. The van der Waals surface area contributed by atoms with Crippen molar-refractivity contribution in [1.82, 2.24) is 4.98 Å². The molecule has 3 nitrogen and oxygen atoms in total. The average Bonchev–Trinajstić information content (AvgIpc) is 2.45. The lowest BCUT2D eigenvalue weighted by atomic mass is 10.1. The summed E-state index contributed by atoms with van der Waals surface area (Å²) >= 11 is 11.2. The van der Waals surface area contributed by atoms with Gasteiger partial charge in [0.05, 0.1) is 0 Å². The zero-order chi connectivity index (χ0) is 14.5. The molecule has 5 heteroatoms. The van der Waals surface area contributed by atoms with Gasteiger partial charge in [-0.2, -0.15) is 0 Å². The van der Waals surface area contributed by atoms with Crippen molar-refractivity contribution >= 4 is 34.5 Å². The number of halogens is 1. The number of anilines is 1. The highest BCUT2D eigenvalue weighted by Gasteiger charge is 2.13. The molecule has 0 spiro atoms. The maximum atomic E-state index is 6.10. The van der Waals surface area contributed by atoms with Crippen LogP contribution in [0.15, 0.2) is 42.7 Å². The Kier molecular flexibility index (Phi) is 4.93. The Labute approximate surface area is 129 Å². The van der Waals surface area contributed by atoms with Crippen LogP contribution in [0.25, 0.3) is 0 Å². The van der Waals surface area contributed by atoms with E-state index in [0.29, 0.717) is 10.0 Å². The van der Waals surface area contributed by atoms with Crippen LogP contribution in [0.4, 0.5) is 5.69 Å². The molecule has 2 N–H and O–H groups in total. The lowest BCUT2D eigenvalue weighted by Crippen LogP contribution is -2.25. The van der Waals surface area contributed by atoms with Gasteiger partial charge in [-0.3, -0.25) is 4.98 Å². The number of pyridine rings is 1. The standard InChI is InChI=1S/C15H16ClN3S/c1-2-19(10-11-5-7-18-8-6-11)14-9-12(16)3-4-13(14)15(17)20/h3-9H,2,10H2,1H3,(H2,17,20). The summed E-state index contributed by atoms with van der Waals surface area (Å²) in [6, 6.07) is 9.57. The predicted octanol–water partition coefficient (Wildman–Crippen LogP) is 3.40. The summed E-state index contributed by atoms with van der Waals surface area (Å²) in [6.45, 7) is 3.68. The molecular weight excluding hydrogens is 290 g/mol. The van der Waals surface area contributed by atoms with Crippen LogP contribution in [0.5, 0.6) is 0 Å². The highest BCUT2D eigenvalue weighted by molar-refractivity contribution is 7.80. The highest BCUT2D eigenvalue weighted by atomic mass is 35.5. The molecule has 0 atom stereocenters. The molecule has 20 heavy (non-hydrogen) atoms. The Morgan fingerprint density at radius 1 is 1.30 bits per heavy atom. The van der Waals surface area contributed by atoms with Gasteiger partial charge in [0.25, 0.3) is 0 Å². The normalized spacial score (nSPS) is 10.3. The monoisotopic (exact) mass is 305 g/mol. The molecule has 0 aliphatic carbocycles. The largest absolute Gasteiger partial charge is 0.389 e. The number of nitrogens with zero attached hydrogens (tertiary/aromatic N) is 2. The van der Waals surface area contributed by atoms with E-state index in [1.165, 1.54) is 5.56 Å². The Morgan fingerprint density at radius 3 is 2.60 bits per heavy atom. The highest BCUT2D eigenvalue weighted by Crippen LogP contribution is 2.26. The van der Waals surface area contributed by atoms with Gasteiger partial charge in [-0.25, -0.2) is 0 Å². The van der Waals surface area contributed by atoms with E-state index in [-0.39, 0.29) is 0 Å². The second kappa shape index (κ2) is 6.68. The number of benzene rings is 1. The Hall–Kier alpha value is -1.65. The van der Waals surface area contributed by atoms with Crippen LogP contribution < -0.4 is 10.6 Å². The van der Waals surface area contributed by atoms with Crippen molar-refractivity contribution in [2.24, 2.45) is 5.73 Å². The number of aromatic nitrogens is 1. The predicted molar refractivity (Wildman–Crippen MR) is 88.3 cm³/mol. The van der Waals surface area contributed by atoms with Crippen LogP contribution in [0.1, 0.15) is 18.1 Å². The topological polar surface area (TPSA) is 42.2 Å². The first-order chi connectivity index (χ1) is 9.61. The molecule has 0 aliphatic rings. The molecule has 0 saturated carbocycles. The minimum Gasteiger partial charge on any atom is -0.389 e. The molecule has 0 fully saturated rings. The van der Waals surface area contributed by atoms with Gasteiger partial charge >= 0.3 is 0 Å². The Morgan fingerprint density at radius 2 is 2.00 bits per heavy atom. The molecule has 0 radical (unpaired) electrons. The van der Waals surface area contributed by atoms with Crippen LogP contribution in [0.2, 0.25) is 5.02 Å². The van der Waals surface area contributed by atoms with E-state index in [2.05, 4.69) is 16.8 Å². The van der Waals surface area contributed by atoms with Gasteiger partial charge in [0.15, 0.2) is 0 Å². The summed E-state index contributed by atoms with van der Waals surface area (Å²) in [5, 5.41) is 0.674. The summed E-state index contributed by atoms with van der Waals surface area (Å²) in [5.74, 6) is 0. The molecule has 0 unspecified atom stereocenters. The van der Waals surface area contributed by atoms with E-state index >= 15 is 0 Å². The summed E-state index contributed by atoms with van der Waals surface area (Å²) < 4.78 is 0. The Balaban J connectivity index is 2.36. The van der Waals surface area contributed by atoms with Crippen molar-refractivity contribution in [3.8, 4) is 0 Å². The zero-order valence-corrected chi connectivity index (χ0v) is 12.8. The maximum Gasteiger partial charge on any atom is 0.106 e. The first-order valence-corrected chi connectivity index (χ1v) is 7.13. The quantitative estimate of drug-likeness (QED) is 0.860. The molecule has 2 rings (SSSR count). The maximum absolute atomic E-state index is 6.10. The molecule has 1 heterocycles. The van der Waals surface area contributed by atoms with Crippen LogP contribution in [-0.2, 0) is 6.54 Å². The number of nitrogens with two attached hydrogens (primary N) is 1. The van der Waals surface area contributed by atoms with Gasteiger partial charge in [0, 0.05) is 41.8 Å². The van der Waals surface area contributed by atoms with Crippen molar-refractivity contribution in [3.05, 3.63) is 58.9 Å². The minimum absolute atomic E-state index is 0.379. The summed E-state index contributed by atoms with van der Waals surface area (Å²) in [4.78, 5) is 6.60. The summed E-state index contributed by atoms with van der Waals surface area (Å²) in [5.41, 5.74) is 8.79. The minimum atomic E-state index is 0.379. The SMILES string of the molecule is CCN(Cc1ccncc1)c1cc(Cl)ccc1C(N)=S. The number of rotatable bonds is 5. The van der Waals surface area contributed by atoms with Crippen LogP contribution in [0.3, 0.4) is 0 Å². The molecular formula is C15H16ClN3S. The smallest absolute Gasteiger partial charge is 0.106 e. The van der Waals surface area contributed by atoms with E-state index in [1.807, 2.05) is 24.3 Å². The third kappa shape index (κ3) is 3.46. The van der Waals surface area contributed by atoms with Crippen molar-refractivity contribution in [2.45, 2.75) is 13.5 Å². The first kappa shape index (κ1) is 14.8. The van der Waals surface area contributed by atoms with E-state index in [1.54, 1.807) is 18.5 Å². The Bertz CT molecular complexity index is 601. The zero-order valence-electron chi connectivity index (χ0n) is 11.2. The van der Waals surface area contributed by atoms with Gasteiger partial charge in [-0.1, -0.05) is 23.8 Å². The van der Waals surface area contributed by atoms with Crippen LogP contribution in [-0.4, -0.2) is 16.5 Å². The van der Waals surface area contributed by atoms with Crippen molar-refractivity contribution in [2.75, 3.05) is 11.4 Å². The molecule has 2 aromatic rings. The number of thiocarbonyl (C=S) groups is 1. The molecule has 104 valence electrons. The second-order valence-electron chi connectivity index (χ2n) is 4.40. The van der Waals surface area contributed by atoms with E-state index in [4.69, 9.17) is 29.6 Å². The lowest BCUT2D eigenvalue weighted by molar-refractivity contribution is 0.829. The molecule has 1 aromatic carbocycles. The average molecular weight is 306 g/mol. The van der Waals surface area contributed by atoms with Gasteiger partial charge in [0.1, 0.15) is 4.99 Å². The van der Waals surface area contributed by atoms with Gasteiger partial charge in [-0.05, 0) is 42.8 Å². The van der Waals surface area contributed by atoms with Crippen molar-refractivity contribution in [3.63, 3.8) is 0 Å². The van der Waals surface area contributed by atoms with Gasteiger partial charge in [0.2, 0.25) is 0 Å². The summed E-state index contributed by atoms with van der Waals surface area (Å²) in [6.07, 6.45) is 3.57. The van der Waals surface area contributed by atoms with Gasteiger partial charge < -0.3 is 10.6 Å². The van der Waals surface area contributed by atoms with Crippen molar-refractivity contribution < 1.29 is 0 Å². The third-order valence-electron chi connectivity index (χ3n) is 3.07. The third-order valence-corrected chi connectivity index (χ3v) is 3.53.